The second kappa shape index (κ2) is 8.56. The van der Waals surface area contributed by atoms with E-state index in [1.54, 1.807) is 19.3 Å². The number of aliphatic hydroxyl groups excluding tert-OH is 1. The molecule has 1 heterocycles. The van der Waals surface area contributed by atoms with Crippen LogP contribution in [-0.4, -0.2) is 33.7 Å². The molecule has 0 unspecified atom stereocenters. The number of aromatic nitrogens is 1. The molecule has 0 spiro atoms. The van der Waals surface area contributed by atoms with E-state index in [4.69, 9.17) is 0 Å². The molecule has 0 atom stereocenters. The van der Waals surface area contributed by atoms with Crippen molar-refractivity contribution in [1.82, 2.24) is 4.98 Å². The van der Waals surface area contributed by atoms with Crippen LogP contribution in [0.4, 0.5) is 0 Å². The number of aliphatic imine (C=N–C) groups is 1. The molecule has 2 N–H and O–H groups in total. The van der Waals surface area contributed by atoms with Gasteiger partial charge < -0.3 is 10.2 Å². The molecule has 116 valence electrons. The first-order chi connectivity index (χ1) is 10.7. The summed E-state index contributed by atoms with van der Waals surface area (Å²) in [5, 5.41) is 19.3. The van der Waals surface area contributed by atoms with Crippen molar-refractivity contribution in [3.63, 3.8) is 0 Å². The number of aryl methyl sites for hydroxylation is 1. The molecule has 0 bridgehead atoms. The minimum Gasteiger partial charge on any atom is -0.505 e. The van der Waals surface area contributed by atoms with E-state index in [1.165, 1.54) is 5.56 Å². The molecule has 2 rings (SSSR count). The number of rotatable bonds is 7. The van der Waals surface area contributed by atoms with Crippen molar-refractivity contribution in [1.29, 1.82) is 0 Å². The zero-order valence-corrected chi connectivity index (χ0v) is 13.4. The van der Waals surface area contributed by atoms with Gasteiger partial charge in [-0.3, -0.25) is 9.98 Å². The van der Waals surface area contributed by atoms with Crippen LogP contribution in [0.2, 0.25) is 0 Å². The van der Waals surface area contributed by atoms with E-state index in [9.17, 15) is 10.2 Å². The molecule has 0 radical (unpaired) electrons. The smallest absolute Gasteiger partial charge is 0.145 e. The second-order valence-electron chi connectivity index (χ2n) is 4.86. The third-order valence-electron chi connectivity index (χ3n) is 3.22. The fourth-order valence-corrected chi connectivity index (χ4v) is 2.77. The number of aromatic hydroxyl groups is 1. The average molecular weight is 316 g/mol. The Bertz CT molecular complexity index is 630. The van der Waals surface area contributed by atoms with Crippen molar-refractivity contribution in [3.8, 4) is 5.75 Å². The van der Waals surface area contributed by atoms with Gasteiger partial charge in [-0.05, 0) is 12.5 Å². The number of benzene rings is 1. The second-order valence-corrected chi connectivity index (χ2v) is 5.97. The maximum atomic E-state index is 9.99. The Labute approximate surface area is 135 Å². The van der Waals surface area contributed by atoms with Crippen molar-refractivity contribution in [3.05, 3.63) is 58.9 Å². The molecule has 1 aromatic heterocycles. The summed E-state index contributed by atoms with van der Waals surface area (Å²) in [7, 11) is 0. The first kappa shape index (κ1) is 16.5. The molecule has 0 aliphatic carbocycles. The van der Waals surface area contributed by atoms with Crippen LogP contribution in [0.5, 0.6) is 5.75 Å². The monoisotopic (exact) mass is 316 g/mol. The lowest BCUT2D eigenvalue weighted by molar-refractivity contribution is 0.280. The minimum absolute atomic E-state index is 0.0900. The zero-order chi connectivity index (χ0) is 15.8. The molecule has 0 aliphatic rings. The van der Waals surface area contributed by atoms with Crippen LogP contribution in [0.15, 0.2) is 41.5 Å². The van der Waals surface area contributed by atoms with Gasteiger partial charge in [-0.1, -0.05) is 30.3 Å². The van der Waals surface area contributed by atoms with Gasteiger partial charge in [0, 0.05) is 41.6 Å². The first-order valence-electron chi connectivity index (χ1n) is 7.12. The third kappa shape index (κ3) is 4.58. The highest BCUT2D eigenvalue weighted by molar-refractivity contribution is 7.98. The van der Waals surface area contributed by atoms with Gasteiger partial charge in [0.15, 0.2) is 0 Å². The largest absolute Gasteiger partial charge is 0.505 e. The van der Waals surface area contributed by atoms with E-state index in [-0.39, 0.29) is 12.4 Å². The van der Waals surface area contributed by atoms with Gasteiger partial charge >= 0.3 is 0 Å². The van der Waals surface area contributed by atoms with Gasteiger partial charge in [0.25, 0.3) is 0 Å². The van der Waals surface area contributed by atoms with Crippen LogP contribution in [0.3, 0.4) is 0 Å². The number of nitrogens with zero attached hydrogens (tertiary/aromatic N) is 2. The molecular formula is C17H20N2O2S. The molecule has 0 aliphatic heterocycles. The summed E-state index contributed by atoms with van der Waals surface area (Å²) >= 11 is 1.82. The Morgan fingerprint density at radius 3 is 2.77 bits per heavy atom. The molecule has 4 nitrogen and oxygen atoms in total. The van der Waals surface area contributed by atoms with E-state index in [0.717, 1.165) is 11.5 Å². The molecule has 0 fully saturated rings. The SMILES string of the molecule is Cc1ncc(CO)c(C=NCCSCc2ccccc2)c1O. The van der Waals surface area contributed by atoms with Crippen molar-refractivity contribution >= 4 is 18.0 Å². The van der Waals surface area contributed by atoms with E-state index < -0.39 is 0 Å². The van der Waals surface area contributed by atoms with Crippen LogP contribution in [0.25, 0.3) is 0 Å². The van der Waals surface area contributed by atoms with Crippen molar-refractivity contribution in [2.75, 3.05) is 12.3 Å². The summed E-state index contributed by atoms with van der Waals surface area (Å²) in [6, 6.07) is 10.3. The highest BCUT2D eigenvalue weighted by atomic mass is 32.2. The Morgan fingerprint density at radius 1 is 1.27 bits per heavy atom. The molecule has 0 saturated heterocycles. The van der Waals surface area contributed by atoms with Gasteiger partial charge in [-0.25, -0.2) is 0 Å². The Balaban J connectivity index is 1.84. The summed E-state index contributed by atoms with van der Waals surface area (Å²) in [6.45, 7) is 2.23. The van der Waals surface area contributed by atoms with Crippen molar-refractivity contribution in [2.45, 2.75) is 19.3 Å². The van der Waals surface area contributed by atoms with Gasteiger partial charge in [0.05, 0.1) is 12.3 Å². The van der Waals surface area contributed by atoms with Crippen molar-refractivity contribution in [2.24, 2.45) is 4.99 Å². The normalized spacial score (nSPS) is 11.2. The number of aliphatic hydroxyl groups is 1. The Kier molecular flexibility index (Phi) is 6.43. The van der Waals surface area contributed by atoms with Crippen LogP contribution in [0, 0.1) is 6.92 Å². The molecular weight excluding hydrogens is 296 g/mol. The van der Waals surface area contributed by atoms with E-state index >= 15 is 0 Å². The summed E-state index contributed by atoms with van der Waals surface area (Å²) in [4.78, 5) is 8.36. The van der Waals surface area contributed by atoms with Gasteiger partial charge in [0.1, 0.15) is 5.75 Å². The third-order valence-corrected chi connectivity index (χ3v) is 4.23. The van der Waals surface area contributed by atoms with Crippen LogP contribution >= 0.6 is 11.8 Å². The number of hydrogen-bond acceptors (Lipinski definition) is 5. The molecule has 1 aromatic carbocycles. The number of pyridine rings is 1. The fourth-order valence-electron chi connectivity index (χ4n) is 1.96. The predicted octanol–water partition coefficient (Wildman–Crippen LogP) is 2.94. The number of thioether (sulfide) groups is 1. The van der Waals surface area contributed by atoms with Crippen LogP contribution in [-0.2, 0) is 12.4 Å². The van der Waals surface area contributed by atoms with Gasteiger partial charge in [-0.2, -0.15) is 11.8 Å². The quantitative estimate of drug-likeness (QED) is 0.609. The van der Waals surface area contributed by atoms with E-state index in [1.807, 2.05) is 30.0 Å². The summed E-state index contributed by atoms with van der Waals surface area (Å²) in [6.07, 6.45) is 3.19. The Morgan fingerprint density at radius 2 is 2.05 bits per heavy atom. The van der Waals surface area contributed by atoms with E-state index in [2.05, 4.69) is 22.1 Å². The van der Waals surface area contributed by atoms with Gasteiger partial charge in [-0.15, -0.1) is 0 Å². The highest BCUT2D eigenvalue weighted by Crippen LogP contribution is 2.22. The van der Waals surface area contributed by atoms with E-state index in [0.29, 0.717) is 23.4 Å². The minimum atomic E-state index is -0.162. The summed E-state index contributed by atoms with van der Waals surface area (Å²) in [5.41, 5.74) is 2.99. The summed E-state index contributed by atoms with van der Waals surface area (Å²) in [5.74, 6) is 1.97. The van der Waals surface area contributed by atoms with Gasteiger partial charge in [0.2, 0.25) is 0 Å². The molecule has 22 heavy (non-hydrogen) atoms. The standard InChI is InChI=1S/C17H20N2O2S/c1-13-17(21)16(15(11-20)9-19-13)10-18-7-8-22-12-14-5-3-2-4-6-14/h2-6,9-10,20-21H,7-8,11-12H2,1H3. The molecule has 0 saturated carbocycles. The summed E-state index contributed by atoms with van der Waals surface area (Å²) < 4.78 is 0. The lowest BCUT2D eigenvalue weighted by Crippen LogP contribution is -1.99. The molecule has 5 heteroatoms. The zero-order valence-electron chi connectivity index (χ0n) is 12.6. The van der Waals surface area contributed by atoms with Crippen LogP contribution in [0.1, 0.15) is 22.4 Å². The maximum Gasteiger partial charge on any atom is 0.145 e. The van der Waals surface area contributed by atoms with Crippen LogP contribution < -0.4 is 0 Å². The fraction of sp³-hybridized carbons (Fsp3) is 0.294. The first-order valence-corrected chi connectivity index (χ1v) is 8.27. The molecule has 0 amide bonds. The number of hydrogen-bond donors (Lipinski definition) is 2. The molecule has 2 aromatic rings. The Hall–Kier alpha value is -1.85. The topological polar surface area (TPSA) is 65.7 Å². The predicted molar refractivity (Wildman–Crippen MR) is 91.6 cm³/mol. The maximum absolute atomic E-state index is 9.99. The lowest BCUT2D eigenvalue weighted by Gasteiger charge is -2.07. The average Bonchev–Trinajstić information content (AvgIpc) is 2.55. The highest BCUT2D eigenvalue weighted by Gasteiger charge is 2.08. The lowest BCUT2D eigenvalue weighted by atomic mass is 10.1. The van der Waals surface area contributed by atoms with Crippen molar-refractivity contribution < 1.29 is 10.2 Å².